The van der Waals surface area contributed by atoms with Crippen molar-refractivity contribution >= 4 is 34.4 Å². The van der Waals surface area contributed by atoms with E-state index in [1.807, 2.05) is 6.92 Å². The van der Waals surface area contributed by atoms with Crippen molar-refractivity contribution < 1.29 is 9.59 Å². The van der Waals surface area contributed by atoms with E-state index >= 15 is 0 Å². The van der Waals surface area contributed by atoms with Gasteiger partial charge in [-0.1, -0.05) is 49.3 Å². The lowest BCUT2D eigenvalue weighted by molar-refractivity contribution is -0.147. The van der Waals surface area contributed by atoms with Crippen molar-refractivity contribution in [2.75, 3.05) is 0 Å². The van der Waals surface area contributed by atoms with Crippen molar-refractivity contribution in [3.05, 3.63) is 0 Å². The zero-order valence-electron chi connectivity index (χ0n) is 11.0. The van der Waals surface area contributed by atoms with Crippen molar-refractivity contribution in [3.63, 3.8) is 0 Å². The molecule has 0 aromatic carbocycles. The second-order valence-electron chi connectivity index (χ2n) is 4.91. The molecule has 1 aliphatic rings. The Balaban J connectivity index is 3.01. The Bertz CT molecular complexity index is 296. The summed E-state index contributed by atoms with van der Waals surface area (Å²) in [6.07, 6.45) is 5.32. The molecule has 0 aromatic heterocycles. The van der Waals surface area contributed by atoms with Crippen LogP contribution < -0.4 is 0 Å². The molecule has 0 saturated carbocycles. The van der Waals surface area contributed by atoms with Gasteiger partial charge in [0, 0.05) is 6.42 Å². The monoisotopic (exact) mass is 351 g/mol. The van der Waals surface area contributed by atoms with Crippen LogP contribution in [-0.2, 0) is 9.59 Å². The van der Waals surface area contributed by atoms with E-state index in [4.69, 9.17) is 0 Å². The highest BCUT2D eigenvalue weighted by molar-refractivity contribution is 14.1. The molecular formula is C13H22INO2. The van der Waals surface area contributed by atoms with E-state index in [0.717, 1.165) is 32.1 Å². The molecule has 2 amide bonds. The van der Waals surface area contributed by atoms with Crippen LogP contribution in [0, 0.1) is 0 Å². The number of hydrogen-bond donors (Lipinski definition) is 0. The third-order valence-corrected chi connectivity index (χ3v) is 4.05. The summed E-state index contributed by atoms with van der Waals surface area (Å²) in [5.74, 6) is 0.0235. The number of carbonyl (C=O) groups excluding carboxylic acids is 2. The Morgan fingerprint density at radius 2 is 1.94 bits per heavy atom. The molecular weight excluding hydrogens is 329 g/mol. The molecule has 0 spiro atoms. The Labute approximate surface area is 117 Å². The van der Waals surface area contributed by atoms with E-state index in [1.165, 1.54) is 0 Å². The highest BCUT2D eigenvalue weighted by Crippen LogP contribution is 2.39. The van der Waals surface area contributed by atoms with Crippen LogP contribution in [0.25, 0.3) is 0 Å². The zero-order valence-corrected chi connectivity index (χ0v) is 13.1. The van der Waals surface area contributed by atoms with Crippen molar-refractivity contribution in [2.24, 2.45) is 0 Å². The number of likely N-dealkylation sites (tertiary alicyclic amines) is 1. The molecule has 0 bridgehead atoms. The van der Waals surface area contributed by atoms with Gasteiger partial charge in [-0.05, 0) is 26.2 Å². The average Bonchev–Trinajstić information content (AvgIpc) is 2.56. The van der Waals surface area contributed by atoms with E-state index in [0.29, 0.717) is 6.42 Å². The molecule has 98 valence electrons. The topological polar surface area (TPSA) is 37.4 Å². The van der Waals surface area contributed by atoms with Gasteiger partial charge < -0.3 is 0 Å². The van der Waals surface area contributed by atoms with Crippen LogP contribution in [0.5, 0.6) is 0 Å². The fraction of sp³-hybridized carbons (Fsp3) is 0.846. The molecule has 1 atom stereocenters. The van der Waals surface area contributed by atoms with Crippen LogP contribution in [0.1, 0.15) is 59.3 Å². The maximum absolute atomic E-state index is 12.2. The van der Waals surface area contributed by atoms with Crippen molar-refractivity contribution in [1.82, 2.24) is 4.90 Å². The van der Waals surface area contributed by atoms with Gasteiger partial charge in [0.15, 0.2) is 0 Å². The van der Waals surface area contributed by atoms with Gasteiger partial charge in [0.05, 0.1) is 9.46 Å². The van der Waals surface area contributed by atoms with Crippen LogP contribution in [0.2, 0.25) is 0 Å². The van der Waals surface area contributed by atoms with Crippen LogP contribution >= 0.6 is 22.6 Å². The second-order valence-corrected chi connectivity index (χ2v) is 6.78. The molecule has 1 fully saturated rings. The number of alkyl halides is 1. The first kappa shape index (κ1) is 14.9. The second kappa shape index (κ2) is 6.16. The van der Waals surface area contributed by atoms with Crippen LogP contribution in [0.4, 0.5) is 0 Å². The van der Waals surface area contributed by atoms with E-state index in [1.54, 1.807) is 4.90 Å². The van der Waals surface area contributed by atoms with Gasteiger partial charge in [-0.15, -0.1) is 0 Å². The Morgan fingerprint density at radius 1 is 1.41 bits per heavy atom. The SMILES string of the molecule is CCCC1(CCC)CCC(=O)N1C(=O)C(C)I. The smallest absolute Gasteiger partial charge is 0.242 e. The summed E-state index contributed by atoms with van der Waals surface area (Å²) in [6.45, 7) is 6.10. The van der Waals surface area contributed by atoms with Gasteiger partial charge >= 0.3 is 0 Å². The minimum atomic E-state index is -0.183. The minimum absolute atomic E-state index is 0.00463. The van der Waals surface area contributed by atoms with Gasteiger partial charge in [-0.25, -0.2) is 0 Å². The molecule has 3 nitrogen and oxygen atoms in total. The highest BCUT2D eigenvalue weighted by Gasteiger charge is 2.47. The first-order valence-electron chi connectivity index (χ1n) is 6.49. The summed E-state index contributed by atoms with van der Waals surface area (Å²) in [4.78, 5) is 25.8. The standard InChI is InChI=1S/C13H22INO2/c1-4-7-13(8-5-2)9-6-11(16)15(13)12(17)10(3)14/h10H,4-9H2,1-3H3. The van der Waals surface area contributed by atoms with E-state index in [2.05, 4.69) is 36.4 Å². The zero-order chi connectivity index (χ0) is 13.1. The van der Waals surface area contributed by atoms with E-state index in [9.17, 15) is 9.59 Å². The predicted octanol–water partition coefficient (Wildman–Crippen LogP) is 3.30. The van der Waals surface area contributed by atoms with E-state index < -0.39 is 0 Å². The average molecular weight is 351 g/mol. The maximum atomic E-state index is 12.2. The maximum Gasteiger partial charge on any atom is 0.242 e. The van der Waals surface area contributed by atoms with Crippen LogP contribution in [-0.4, -0.2) is 26.2 Å². The quantitative estimate of drug-likeness (QED) is 0.563. The van der Waals surface area contributed by atoms with Gasteiger partial charge in [-0.2, -0.15) is 0 Å². The first-order chi connectivity index (χ1) is 7.98. The number of hydrogen-bond acceptors (Lipinski definition) is 2. The molecule has 1 saturated heterocycles. The third kappa shape index (κ3) is 3.01. The highest BCUT2D eigenvalue weighted by atomic mass is 127. The fourth-order valence-electron chi connectivity index (χ4n) is 2.89. The minimum Gasteiger partial charge on any atom is -0.275 e. The number of imide groups is 1. The lowest BCUT2D eigenvalue weighted by Gasteiger charge is -2.38. The summed E-state index contributed by atoms with van der Waals surface area (Å²) in [7, 11) is 0. The van der Waals surface area contributed by atoms with Crippen LogP contribution in [0.3, 0.4) is 0 Å². The largest absolute Gasteiger partial charge is 0.275 e. The number of amides is 2. The number of nitrogens with zero attached hydrogens (tertiary/aromatic N) is 1. The number of carbonyl (C=O) groups is 2. The molecule has 1 rings (SSSR count). The van der Waals surface area contributed by atoms with Gasteiger partial charge in [0.2, 0.25) is 11.8 Å². The van der Waals surface area contributed by atoms with Crippen LogP contribution in [0.15, 0.2) is 0 Å². The fourth-order valence-corrected chi connectivity index (χ4v) is 3.17. The summed E-state index contributed by atoms with van der Waals surface area (Å²) in [6, 6.07) is 0. The molecule has 0 radical (unpaired) electrons. The summed E-state index contributed by atoms with van der Waals surface area (Å²) in [5, 5.41) is 0. The van der Waals surface area contributed by atoms with Gasteiger partial charge in [0.25, 0.3) is 0 Å². The molecule has 1 heterocycles. The predicted molar refractivity (Wildman–Crippen MR) is 77.1 cm³/mol. The summed E-state index contributed by atoms with van der Waals surface area (Å²) < 4.78 is -0.122. The molecule has 4 heteroatoms. The molecule has 17 heavy (non-hydrogen) atoms. The lowest BCUT2D eigenvalue weighted by Crippen LogP contribution is -2.51. The Morgan fingerprint density at radius 3 is 2.35 bits per heavy atom. The summed E-state index contributed by atoms with van der Waals surface area (Å²) in [5.41, 5.74) is -0.183. The first-order valence-corrected chi connectivity index (χ1v) is 7.74. The number of halogens is 1. The Hall–Kier alpha value is -0.130. The molecule has 1 unspecified atom stereocenters. The molecule has 0 aromatic rings. The van der Waals surface area contributed by atoms with Crippen molar-refractivity contribution in [1.29, 1.82) is 0 Å². The Kier molecular flexibility index (Phi) is 5.41. The number of rotatable bonds is 5. The van der Waals surface area contributed by atoms with E-state index in [-0.39, 0.29) is 21.3 Å². The lowest BCUT2D eigenvalue weighted by atomic mass is 9.86. The molecule has 0 aliphatic carbocycles. The molecule has 1 aliphatic heterocycles. The summed E-state index contributed by atoms with van der Waals surface area (Å²) >= 11 is 2.10. The molecule has 0 N–H and O–H groups in total. The van der Waals surface area contributed by atoms with Crippen molar-refractivity contribution in [3.8, 4) is 0 Å². The normalized spacial score (nSPS) is 20.7. The van der Waals surface area contributed by atoms with Gasteiger partial charge in [0.1, 0.15) is 0 Å². The van der Waals surface area contributed by atoms with Gasteiger partial charge in [-0.3, -0.25) is 14.5 Å². The van der Waals surface area contributed by atoms with Crippen molar-refractivity contribution in [2.45, 2.75) is 68.8 Å². The third-order valence-electron chi connectivity index (χ3n) is 3.52.